The van der Waals surface area contributed by atoms with Gasteiger partial charge in [-0.05, 0) is 24.0 Å². The molecule has 0 spiro atoms. The highest BCUT2D eigenvalue weighted by Crippen LogP contribution is 2.41. The number of benzene rings is 1. The van der Waals surface area contributed by atoms with E-state index < -0.39 is 0 Å². The smallest absolute Gasteiger partial charge is 0.141 e. The molecule has 19 heavy (non-hydrogen) atoms. The van der Waals surface area contributed by atoms with Crippen molar-refractivity contribution in [1.29, 1.82) is 0 Å². The molecule has 3 rings (SSSR count). The van der Waals surface area contributed by atoms with Crippen LogP contribution in [0.4, 0.5) is 0 Å². The largest absolute Gasteiger partial charge is 0.484 e. The zero-order chi connectivity index (χ0) is 13.2. The van der Waals surface area contributed by atoms with Crippen LogP contribution in [0.5, 0.6) is 5.75 Å². The Morgan fingerprint density at radius 2 is 2.16 bits per heavy atom. The fourth-order valence-electron chi connectivity index (χ4n) is 2.75. The normalized spacial score (nSPS) is 21.2. The first-order valence-electron chi connectivity index (χ1n) is 6.63. The first-order chi connectivity index (χ1) is 9.29. The van der Waals surface area contributed by atoms with Gasteiger partial charge in [-0.2, -0.15) is 0 Å². The van der Waals surface area contributed by atoms with Crippen molar-refractivity contribution < 1.29 is 4.74 Å². The monoisotopic (exact) mass is 273 g/mol. The van der Waals surface area contributed by atoms with Gasteiger partial charge >= 0.3 is 0 Å². The van der Waals surface area contributed by atoms with Gasteiger partial charge in [0.05, 0.1) is 0 Å². The lowest BCUT2D eigenvalue weighted by atomic mass is 10.0. The van der Waals surface area contributed by atoms with Crippen LogP contribution in [0.1, 0.15) is 30.6 Å². The van der Waals surface area contributed by atoms with Gasteiger partial charge in [-0.3, -0.25) is 4.98 Å². The molecule has 3 heteroatoms. The predicted octanol–water partition coefficient (Wildman–Crippen LogP) is 4.44. The molecule has 0 bridgehead atoms. The minimum atomic E-state index is 0.0982. The number of ether oxygens (including phenoxy) is 1. The molecule has 0 aliphatic heterocycles. The quantitative estimate of drug-likeness (QED) is 0.825. The van der Waals surface area contributed by atoms with Crippen molar-refractivity contribution in [2.24, 2.45) is 5.92 Å². The number of fused-ring (bicyclic) bond motifs is 1. The lowest BCUT2D eigenvalue weighted by molar-refractivity contribution is 0.147. The third kappa shape index (κ3) is 2.33. The summed E-state index contributed by atoms with van der Waals surface area (Å²) < 4.78 is 6.16. The lowest BCUT2D eigenvalue weighted by Crippen LogP contribution is -2.13. The first-order valence-corrected chi connectivity index (χ1v) is 7.01. The number of pyridine rings is 1. The Hall–Kier alpha value is -1.54. The van der Waals surface area contributed by atoms with E-state index in [0.717, 1.165) is 18.6 Å². The van der Waals surface area contributed by atoms with E-state index in [4.69, 9.17) is 16.3 Å². The van der Waals surface area contributed by atoms with Crippen LogP contribution >= 0.6 is 11.6 Å². The van der Waals surface area contributed by atoms with Crippen LogP contribution in [-0.2, 0) is 6.42 Å². The maximum atomic E-state index is 6.16. The zero-order valence-electron chi connectivity index (χ0n) is 10.8. The van der Waals surface area contributed by atoms with E-state index in [0.29, 0.717) is 10.9 Å². The minimum Gasteiger partial charge on any atom is -0.484 e. The van der Waals surface area contributed by atoms with Gasteiger partial charge in [0.2, 0.25) is 0 Å². The van der Waals surface area contributed by atoms with Crippen LogP contribution in [0.2, 0.25) is 5.02 Å². The molecular formula is C16H16ClNO. The topological polar surface area (TPSA) is 22.1 Å². The van der Waals surface area contributed by atoms with Crippen LogP contribution in [0, 0.1) is 5.92 Å². The van der Waals surface area contributed by atoms with E-state index in [9.17, 15) is 0 Å². The molecule has 0 fully saturated rings. The van der Waals surface area contributed by atoms with Gasteiger partial charge in [-0.25, -0.2) is 0 Å². The first kappa shape index (κ1) is 12.5. The van der Waals surface area contributed by atoms with Crippen molar-refractivity contribution in [2.45, 2.75) is 25.9 Å². The van der Waals surface area contributed by atoms with Crippen molar-refractivity contribution in [1.82, 2.24) is 4.98 Å². The molecule has 2 atom stereocenters. The predicted molar refractivity (Wildman–Crippen MR) is 76.5 cm³/mol. The number of rotatable bonds is 3. The number of halogens is 1. The fraction of sp³-hybridized carbons (Fsp3) is 0.312. The van der Waals surface area contributed by atoms with E-state index in [-0.39, 0.29) is 6.10 Å². The van der Waals surface area contributed by atoms with Gasteiger partial charge in [0.25, 0.3) is 0 Å². The Morgan fingerprint density at radius 3 is 2.95 bits per heavy atom. The summed E-state index contributed by atoms with van der Waals surface area (Å²) in [6, 6.07) is 10.3. The molecule has 0 N–H and O–H groups in total. The Labute approximate surface area is 118 Å². The average Bonchev–Trinajstić information content (AvgIpc) is 2.79. The van der Waals surface area contributed by atoms with Crippen molar-refractivity contribution in [2.75, 3.05) is 0 Å². The van der Waals surface area contributed by atoms with E-state index in [1.807, 2.05) is 6.07 Å². The summed E-state index contributed by atoms with van der Waals surface area (Å²) in [5.74, 6) is 1.23. The molecular weight excluding hydrogens is 258 g/mol. The lowest BCUT2D eigenvalue weighted by Gasteiger charge is -2.21. The number of nitrogens with zero attached hydrogens (tertiary/aromatic N) is 1. The summed E-state index contributed by atoms with van der Waals surface area (Å²) in [4.78, 5) is 3.99. The number of aromatic nitrogens is 1. The van der Waals surface area contributed by atoms with Gasteiger partial charge in [0, 0.05) is 24.4 Å². The van der Waals surface area contributed by atoms with Crippen molar-refractivity contribution in [3.05, 3.63) is 58.9 Å². The van der Waals surface area contributed by atoms with E-state index in [1.54, 1.807) is 12.4 Å². The van der Waals surface area contributed by atoms with Crippen LogP contribution in [-0.4, -0.2) is 4.98 Å². The molecule has 1 aromatic carbocycles. The SMILES string of the molecule is CCC1Cc2ccccc2[C@@H]1Oc1ccncc1Cl. The molecule has 2 aromatic rings. The van der Waals surface area contributed by atoms with Crippen molar-refractivity contribution in [3.8, 4) is 5.75 Å². The summed E-state index contributed by atoms with van der Waals surface area (Å²) in [7, 11) is 0. The Balaban J connectivity index is 1.93. The molecule has 0 amide bonds. The summed E-state index contributed by atoms with van der Waals surface area (Å²) in [6.45, 7) is 2.21. The van der Waals surface area contributed by atoms with E-state index >= 15 is 0 Å². The van der Waals surface area contributed by atoms with E-state index in [2.05, 4.69) is 36.2 Å². The van der Waals surface area contributed by atoms with Crippen molar-refractivity contribution in [3.63, 3.8) is 0 Å². The zero-order valence-corrected chi connectivity index (χ0v) is 11.6. The molecule has 0 radical (unpaired) electrons. The highest BCUT2D eigenvalue weighted by Gasteiger charge is 2.33. The number of hydrogen-bond donors (Lipinski definition) is 0. The van der Waals surface area contributed by atoms with Gasteiger partial charge in [0.15, 0.2) is 0 Å². The van der Waals surface area contributed by atoms with E-state index in [1.165, 1.54) is 11.1 Å². The average molecular weight is 274 g/mol. The molecule has 2 nitrogen and oxygen atoms in total. The fourth-order valence-corrected chi connectivity index (χ4v) is 2.92. The minimum absolute atomic E-state index is 0.0982. The third-order valence-electron chi connectivity index (χ3n) is 3.79. The second-order valence-electron chi connectivity index (χ2n) is 4.92. The van der Waals surface area contributed by atoms with Gasteiger partial charge in [-0.1, -0.05) is 42.8 Å². The molecule has 98 valence electrons. The summed E-state index contributed by atoms with van der Waals surface area (Å²) in [6.07, 6.45) is 5.62. The number of hydrogen-bond acceptors (Lipinski definition) is 2. The van der Waals surface area contributed by atoms with Crippen LogP contribution in [0.3, 0.4) is 0 Å². The van der Waals surface area contributed by atoms with Gasteiger partial charge in [-0.15, -0.1) is 0 Å². The van der Waals surface area contributed by atoms with Crippen molar-refractivity contribution >= 4 is 11.6 Å². The Kier molecular flexibility index (Phi) is 3.43. The molecule has 1 aliphatic rings. The second kappa shape index (κ2) is 5.22. The highest BCUT2D eigenvalue weighted by atomic mass is 35.5. The molecule has 1 aliphatic carbocycles. The maximum absolute atomic E-state index is 6.16. The van der Waals surface area contributed by atoms with Crippen LogP contribution in [0.25, 0.3) is 0 Å². The molecule has 0 saturated carbocycles. The summed E-state index contributed by atoms with van der Waals surface area (Å²) >= 11 is 6.13. The third-order valence-corrected chi connectivity index (χ3v) is 4.07. The molecule has 1 unspecified atom stereocenters. The summed E-state index contributed by atoms with van der Waals surface area (Å²) in [5.41, 5.74) is 2.69. The second-order valence-corrected chi connectivity index (χ2v) is 5.32. The molecule has 0 saturated heterocycles. The molecule has 1 heterocycles. The highest BCUT2D eigenvalue weighted by molar-refractivity contribution is 6.31. The van der Waals surface area contributed by atoms with Crippen LogP contribution < -0.4 is 4.74 Å². The Bertz CT molecular complexity index is 584. The summed E-state index contributed by atoms with van der Waals surface area (Å²) in [5, 5.41) is 0.571. The standard InChI is InChI=1S/C16H16ClNO/c1-2-11-9-12-5-3-4-6-13(12)16(11)19-15-7-8-18-10-14(15)17/h3-8,10-11,16H,2,9H2,1H3/t11?,16-/m1/s1. The Morgan fingerprint density at radius 1 is 1.32 bits per heavy atom. The maximum Gasteiger partial charge on any atom is 0.141 e. The van der Waals surface area contributed by atoms with Gasteiger partial charge < -0.3 is 4.74 Å². The molecule has 1 aromatic heterocycles. The van der Waals surface area contributed by atoms with Gasteiger partial charge in [0.1, 0.15) is 16.9 Å². The van der Waals surface area contributed by atoms with Crippen LogP contribution in [0.15, 0.2) is 42.7 Å².